The Kier molecular flexibility index (Phi) is 2.84. The van der Waals surface area contributed by atoms with Crippen LogP contribution >= 0.6 is 0 Å². The zero-order valence-corrected chi connectivity index (χ0v) is 8.84. The summed E-state index contributed by atoms with van der Waals surface area (Å²) in [5, 5.41) is 8.63. The quantitative estimate of drug-likeness (QED) is 0.765. The lowest BCUT2D eigenvalue weighted by Gasteiger charge is -2.06. The van der Waals surface area contributed by atoms with E-state index in [9.17, 15) is 0 Å². The molecule has 0 spiro atoms. The van der Waals surface area contributed by atoms with Crippen molar-refractivity contribution in [1.82, 2.24) is 4.98 Å². The molecule has 0 saturated carbocycles. The fourth-order valence-corrected chi connectivity index (χ4v) is 1.29. The third kappa shape index (κ3) is 2.18. The van der Waals surface area contributed by atoms with E-state index in [-0.39, 0.29) is 0 Å². The number of nitrogens with zero attached hydrogens (tertiary/aromatic N) is 2. The Morgan fingerprint density at radius 1 is 1.19 bits per heavy atom. The van der Waals surface area contributed by atoms with Gasteiger partial charge < -0.3 is 4.74 Å². The predicted molar refractivity (Wildman–Crippen MR) is 60.2 cm³/mol. The van der Waals surface area contributed by atoms with Crippen molar-refractivity contribution in [2.24, 2.45) is 0 Å². The normalized spacial score (nSPS) is 9.50. The molecule has 0 atom stereocenters. The smallest absolute Gasteiger partial charge is 0.219 e. The Bertz CT molecular complexity index is 526. The minimum absolute atomic E-state index is 0.494. The molecule has 0 radical (unpaired) electrons. The summed E-state index contributed by atoms with van der Waals surface area (Å²) in [7, 11) is 0. The molecule has 1 aromatic carbocycles. The van der Waals surface area contributed by atoms with Gasteiger partial charge in [-0.25, -0.2) is 4.98 Å². The zero-order valence-electron chi connectivity index (χ0n) is 8.84. The third-order valence-corrected chi connectivity index (χ3v) is 2.17. The molecule has 78 valence electrons. The van der Waals surface area contributed by atoms with Gasteiger partial charge in [-0.1, -0.05) is 18.2 Å². The second-order valence-corrected chi connectivity index (χ2v) is 3.36. The van der Waals surface area contributed by atoms with E-state index in [1.165, 1.54) is 6.20 Å². The second-order valence-electron chi connectivity index (χ2n) is 3.36. The molecule has 0 amide bonds. The van der Waals surface area contributed by atoms with Crippen molar-refractivity contribution in [3.8, 4) is 17.7 Å². The standard InChI is InChI=1S/C13H10N2O/c1-10-4-2-3-5-12(10)16-13-7-6-11(8-14)9-15-13/h2-7,9H,1H3. The third-order valence-electron chi connectivity index (χ3n) is 2.17. The summed E-state index contributed by atoms with van der Waals surface area (Å²) in [4.78, 5) is 4.04. The van der Waals surface area contributed by atoms with Crippen LogP contribution in [0.4, 0.5) is 0 Å². The molecule has 2 aromatic rings. The summed E-state index contributed by atoms with van der Waals surface area (Å²) in [5.41, 5.74) is 1.57. The van der Waals surface area contributed by atoms with E-state index in [1.807, 2.05) is 37.3 Å². The SMILES string of the molecule is Cc1ccccc1Oc1ccc(C#N)cn1. The molecule has 16 heavy (non-hydrogen) atoms. The predicted octanol–water partition coefficient (Wildman–Crippen LogP) is 3.05. The van der Waals surface area contributed by atoms with Crippen LogP contribution in [-0.2, 0) is 0 Å². The van der Waals surface area contributed by atoms with Gasteiger partial charge >= 0.3 is 0 Å². The molecule has 3 heteroatoms. The summed E-state index contributed by atoms with van der Waals surface area (Å²) in [5.74, 6) is 1.27. The molecule has 0 aliphatic rings. The first kappa shape index (κ1) is 10.2. The maximum Gasteiger partial charge on any atom is 0.219 e. The maximum atomic E-state index is 8.63. The zero-order chi connectivity index (χ0) is 11.4. The van der Waals surface area contributed by atoms with Crippen LogP contribution in [0.15, 0.2) is 42.6 Å². The molecular formula is C13H10N2O. The molecule has 0 fully saturated rings. The number of rotatable bonds is 2. The Balaban J connectivity index is 2.22. The van der Waals surface area contributed by atoms with Crippen LogP contribution in [-0.4, -0.2) is 4.98 Å². The van der Waals surface area contributed by atoms with E-state index < -0.39 is 0 Å². The molecule has 3 nitrogen and oxygen atoms in total. The first-order valence-electron chi connectivity index (χ1n) is 4.89. The van der Waals surface area contributed by atoms with Gasteiger partial charge in [-0.05, 0) is 24.6 Å². The lowest BCUT2D eigenvalue weighted by atomic mass is 10.2. The molecule has 1 heterocycles. The Morgan fingerprint density at radius 2 is 2.00 bits per heavy atom. The van der Waals surface area contributed by atoms with Crippen LogP contribution in [0.25, 0.3) is 0 Å². The molecule has 0 saturated heterocycles. The summed E-state index contributed by atoms with van der Waals surface area (Å²) in [6.45, 7) is 1.97. The van der Waals surface area contributed by atoms with Crippen molar-refractivity contribution < 1.29 is 4.74 Å². The monoisotopic (exact) mass is 210 g/mol. The number of para-hydroxylation sites is 1. The highest BCUT2D eigenvalue weighted by molar-refractivity contribution is 5.36. The Hall–Kier alpha value is -2.34. The van der Waals surface area contributed by atoms with Gasteiger partial charge in [-0.2, -0.15) is 5.26 Å². The number of aromatic nitrogens is 1. The highest BCUT2D eigenvalue weighted by Crippen LogP contribution is 2.22. The maximum absolute atomic E-state index is 8.63. The van der Waals surface area contributed by atoms with Crippen molar-refractivity contribution in [2.75, 3.05) is 0 Å². The van der Waals surface area contributed by atoms with Crippen LogP contribution in [0.3, 0.4) is 0 Å². The van der Waals surface area contributed by atoms with E-state index in [0.717, 1.165) is 11.3 Å². The average Bonchev–Trinajstić information content (AvgIpc) is 2.33. The van der Waals surface area contributed by atoms with Gasteiger partial charge in [0, 0.05) is 12.3 Å². The number of hydrogen-bond donors (Lipinski definition) is 0. The van der Waals surface area contributed by atoms with Crippen molar-refractivity contribution in [3.05, 3.63) is 53.7 Å². The van der Waals surface area contributed by atoms with Crippen LogP contribution in [0, 0.1) is 18.3 Å². The van der Waals surface area contributed by atoms with Gasteiger partial charge in [0.05, 0.1) is 5.56 Å². The Morgan fingerprint density at radius 3 is 2.62 bits per heavy atom. The van der Waals surface area contributed by atoms with E-state index in [4.69, 9.17) is 10.00 Å². The highest BCUT2D eigenvalue weighted by Gasteiger charge is 2.01. The Labute approximate surface area is 93.9 Å². The minimum atomic E-state index is 0.494. The molecule has 0 N–H and O–H groups in total. The van der Waals surface area contributed by atoms with Crippen molar-refractivity contribution in [1.29, 1.82) is 5.26 Å². The van der Waals surface area contributed by atoms with Crippen LogP contribution in [0.2, 0.25) is 0 Å². The summed E-state index contributed by atoms with van der Waals surface area (Å²) < 4.78 is 5.59. The van der Waals surface area contributed by atoms with Crippen LogP contribution < -0.4 is 4.74 Å². The molecular weight excluding hydrogens is 200 g/mol. The van der Waals surface area contributed by atoms with Gasteiger partial charge in [0.1, 0.15) is 11.8 Å². The average molecular weight is 210 g/mol. The van der Waals surface area contributed by atoms with Crippen molar-refractivity contribution >= 4 is 0 Å². The summed E-state index contributed by atoms with van der Waals surface area (Å²) in [6.07, 6.45) is 1.49. The van der Waals surface area contributed by atoms with Gasteiger partial charge in [0.2, 0.25) is 5.88 Å². The molecule has 1 aromatic heterocycles. The number of aryl methyl sites for hydroxylation is 1. The van der Waals surface area contributed by atoms with E-state index in [0.29, 0.717) is 11.4 Å². The minimum Gasteiger partial charge on any atom is -0.439 e. The van der Waals surface area contributed by atoms with Gasteiger partial charge in [-0.15, -0.1) is 0 Å². The van der Waals surface area contributed by atoms with E-state index in [2.05, 4.69) is 4.98 Å². The first-order chi connectivity index (χ1) is 7.79. The van der Waals surface area contributed by atoms with E-state index in [1.54, 1.807) is 12.1 Å². The number of pyridine rings is 1. The van der Waals surface area contributed by atoms with Gasteiger partial charge in [0.25, 0.3) is 0 Å². The molecule has 0 aliphatic heterocycles. The van der Waals surface area contributed by atoms with Crippen LogP contribution in [0.1, 0.15) is 11.1 Å². The molecule has 0 aliphatic carbocycles. The van der Waals surface area contributed by atoms with Crippen molar-refractivity contribution in [2.45, 2.75) is 6.92 Å². The first-order valence-corrected chi connectivity index (χ1v) is 4.89. The van der Waals surface area contributed by atoms with Gasteiger partial charge in [-0.3, -0.25) is 0 Å². The molecule has 0 unspecified atom stereocenters. The largest absolute Gasteiger partial charge is 0.439 e. The number of nitriles is 1. The number of benzene rings is 1. The highest BCUT2D eigenvalue weighted by atomic mass is 16.5. The van der Waals surface area contributed by atoms with Crippen molar-refractivity contribution in [3.63, 3.8) is 0 Å². The summed E-state index contributed by atoms with van der Waals surface area (Å²) >= 11 is 0. The lowest BCUT2D eigenvalue weighted by Crippen LogP contribution is -1.90. The fourth-order valence-electron chi connectivity index (χ4n) is 1.29. The fraction of sp³-hybridized carbons (Fsp3) is 0.0769. The van der Waals surface area contributed by atoms with Gasteiger partial charge in [0.15, 0.2) is 0 Å². The van der Waals surface area contributed by atoms with Crippen LogP contribution in [0.5, 0.6) is 11.6 Å². The molecule has 2 rings (SSSR count). The lowest BCUT2D eigenvalue weighted by molar-refractivity contribution is 0.459. The van der Waals surface area contributed by atoms with E-state index >= 15 is 0 Å². The number of hydrogen-bond acceptors (Lipinski definition) is 3. The number of ether oxygens (including phenoxy) is 1. The second kappa shape index (κ2) is 4.45. The molecule has 0 bridgehead atoms. The summed E-state index contributed by atoms with van der Waals surface area (Å²) in [6, 6.07) is 13.1. The topological polar surface area (TPSA) is 45.9 Å².